The van der Waals surface area contributed by atoms with Crippen LogP contribution in [0.5, 0.6) is 0 Å². The van der Waals surface area contributed by atoms with Gasteiger partial charge in [-0.25, -0.2) is 15.0 Å². The molecule has 3 heterocycles. The zero-order chi connectivity index (χ0) is 18.0. The maximum Gasteiger partial charge on any atom is 0.182 e. The first kappa shape index (κ1) is 18.5. The van der Waals surface area contributed by atoms with Gasteiger partial charge >= 0.3 is 0 Å². The average molecular weight is 373 g/mol. The summed E-state index contributed by atoms with van der Waals surface area (Å²) in [5.41, 5.74) is 1.54. The molecule has 0 amide bonds. The highest BCUT2D eigenvalue weighted by Crippen LogP contribution is 2.23. The van der Waals surface area contributed by atoms with Gasteiger partial charge in [0.05, 0.1) is 24.6 Å². The van der Waals surface area contributed by atoms with Crippen LogP contribution >= 0.6 is 11.8 Å². The van der Waals surface area contributed by atoms with E-state index in [4.69, 9.17) is 9.84 Å². The number of thioether (sulfide) groups is 1. The molecule has 1 aliphatic heterocycles. The summed E-state index contributed by atoms with van der Waals surface area (Å²) in [6.07, 6.45) is 17.2. The van der Waals surface area contributed by atoms with Gasteiger partial charge in [-0.1, -0.05) is 18.2 Å². The molecule has 0 spiro atoms. The molecule has 26 heavy (non-hydrogen) atoms. The monoisotopic (exact) mass is 373 g/mol. The van der Waals surface area contributed by atoms with Crippen molar-refractivity contribution in [3.8, 4) is 0 Å². The van der Waals surface area contributed by atoms with Crippen molar-refractivity contribution < 1.29 is 9.84 Å². The van der Waals surface area contributed by atoms with Crippen LogP contribution in [0.2, 0.25) is 0 Å². The number of hydrogen-bond donors (Lipinski definition) is 3. The molecule has 2 aliphatic rings. The van der Waals surface area contributed by atoms with Gasteiger partial charge < -0.3 is 20.1 Å². The number of ether oxygens (including phenoxy) is 1. The molecule has 138 valence electrons. The molecule has 1 unspecified atom stereocenters. The van der Waals surface area contributed by atoms with E-state index in [9.17, 15) is 0 Å². The van der Waals surface area contributed by atoms with Crippen LogP contribution in [0.3, 0.4) is 0 Å². The molecular formula is C18H23N5O2S. The Morgan fingerprint density at radius 1 is 1.35 bits per heavy atom. The molecule has 0 bridgehead atoms. The molecule has 7 nitrogen and oxygen atoms in total. The number of nitrogens with zero attached hydrogens (tertiary/aromatic N) is 3. The maximum atomic E-state index is 8.27. The fourth-order valence-electron chi connectivity index (χ4n) is 2.63. The third-order valence-corrected chi connectivity index (χ3v) is 4.85. The lowest BCUT2D eigenvalue weighted by Crippen LogP contribution is -2.01. The normalized spacial score (nSPS) is 19.4. The minimum atomic E-state index is 0.181. The summed E-state index contributed by atoms with van der Waals surface area (Å²) < 4.78 is 5.15. The molecule has 1 fully saturated rings. The van der Waals surface area contributed by atoms with Crippen LogP contribution in [-0.4, -0.2) is 43.6 Å². The van der Waals surface area contributed by atoms with Crippen LogP contribution in [0.15, 0.2) is 48.1 Å². The number of aliphatic hydroxyl groups excluding tert-OH is 1. The zero-order valence-electron chi connectivity index (χ0n) is 14.5. The number of fused-ring (bicyclic) bond motifs is 1. The second kappa shape index (κ2) is 9.98. The van der Waals surface area contributed by atoms with Gasteiger partial charge in [0.1, 0.15) is 11.8 Å². The molecule has 0 saturated carbocycles. The predicted octanol–water partition coefficient (Wildman–Crippen LogP) is 3.93. The van der Waals surface area contributed by atoms with Crippen molar-refractivity contribution in [3.63, 3.8) is 0 Å². The van der Waals surface area contributed by atoms with Gasteiger partial charge in [-0.05, 0) is 31.8 Å². The number of H-pyrrole nitrogens is 1. The van der Waals surface area contributed by atoms with E-state index in [1.807, 2.05) is 0 Å². The minimum absolute atomic E-state index is 0.181. The number of hydrogen-bond acceptors (Lipinski definition) is 7. The number of imidazole rings is 1. The van der Waals surface area contributed by atoms with Crippen molar-refractivity contribution in [2.24, 2.45) is 0 Å². The molecule has 0 aromatic carbocycles. The summed E-state index contributed by atoms with van der Waals surface area (Å²) in [7, 11) is 0. The van der Waals surface area contributed by atoms with E-state index >= 15 is 0 Å². The number of aromatic nitrogens is 4. The third kappa shape index (κ3) is 5.34. The molecule has 8 heteroatoms. The summed E-state index contributed by atoms with van der Waals surface area (Å²) in [4.78, 5) is 16.7. The van der Waals surface area contributed by atoms with Crippen molar-refractivity contribution >= 4 is 28.7 Å². The fourth-order valence-corrected chi connectivity index (χ4v) is 3.44. The number of aliphatic hydroxyl groups is 1. The van der Waals surface area contributed by atoms with Crippen molar-refractivity contribution in [2.75, 3.05) is 17.8 Å². The number of aromatic amines is 1. The molecule has 4 rings (SSSR count). The van der Waals surface area contributed by atoms with Gasteiger partial charge in [-0.2, -0.15) is 0 Å². The summed E-state index contributed by atoms with van der Waals surface area (Å²) >= 11 is 1.77. The van der Waals surface area contributed by atoms with Gasteiger partial charge in [-0.15, -0.1) is 11.8 Å². The standard InChI is InChI=1S/C12H13N5S.C6H10O2/c1-2-4-9(5-3-1)18-8-17-12-10-11(14-6-13-10)15-7-16-12;7-4-3-6-2-1-5-8-6/h2,4-7H,1,3,8H2,(H2,13,14,15,16,17);3-4,6-7H,1-2,5H2. The van der Waals surface area contributed by atoms with E-state index < -0.39 is 0 Å². The first-order chi connectivity index (χ1) is 12.9. The lowest BCUT2D eigenvalue weighted by atomic mass is 10.2. The Morgan fingerprint density at radius 2 is 2.31 bits per heavy atom. The van der Waals surface area contributed by atoms with Crippen LogP contribution in [0.4, 0.5) is 5.82 Å². The highest BCUT2D eigenvalue weighted by Gasteiger charge is 2.10. The Morgan fingerprint density at radius 3 is 3.08 bits per heavy atom. The van der Waals surface area contributed by atoms with Crippen LogP contribution in [0, 0.1) is 0 Å². The van der Waals surface area contributed by atoms with E-state index in [0.717, 1.165) is 55.8 Å². The molecule has 1 aliphatic carbocycles. The molecule has 0 radical (unpaired) electrons. The summed E-state index contributed by atoms with van der Waals surface area (Å²) in [5.74, 6) is 1.58. The van der Waals surface area contributed by atoms with Crippen molar-refractivity contribution in [3.05, 3.63) is 48.1 Å². The predicted molar refractivity (Wildman–Crippen MR) is 105 cm³/mol. The lowest BCUT2D eigenvalue weighted by molar-refractivity contribution is 0.144. The first-order valence-electron chi connectivity index (χ1n) is 8.67. The molecule has 3 N–H and O–H groups in total. The zero-order valence-corrected chi connectivity index (χ0v) is 15.3. The smallest absolute Gasteiger partial charge is 0.182 e. The van der Waals surface area contributed by atoms with E-state index in [-0.39, 0.29) is 6.10 Å². The van der Waals surface area contributed by atoms with E-state index in [1.54, 1.807) is 24.2 Å². The third-order valence-electron chi connectivity index (χ3n) is 3.93. The summed E-state index contributed by atoms with van der Waals surface area (Å²) in [6.45, 7) is 0.842. The number of allylic oxidation sites excluding steroid dienone is 3. The topological polar surface area (TPSA) is 96.0 Å². The van der Waals surface area contributed by atoms with Crippen LogP contribution < -0.4 is 5.32 Å². The first-order valence-corrected chi connectivity index (χ1v) is 9.65. The Balaban J connectivity index is 0.000000206. The van der Waals surface area contributed by atoms with Crippen molar-refractivity contribution in [2.45, 2.75) is 31.8 Å². The molecule has 1 saturated heterocycles. The Labute approximate surface area is 156 Å². The van der Waals surface area contributed by atoms with Gasteiger partial charge in [0, 0.05) is 11.5 Å². The van der Waals surface area contributed by atoms with Crippen LogP contribution in [-0.2, 0) is 4.74 Å². The van der Waals surface area contributed by atoms with Gasteiger partial charge in [0.15, 0.2) is 11.5 Å². The van der Waals surface area contributed by atoms with E-state index in [0.29, 0.717) is 5.65 Å². The number of anilines is 1. The second-order valence-corrected chi connectivity index (χ2v) is 6.82. The molecular weight excluding hydrogens is 350 g/mol. The molecule has 1 atom stereocenters. The second-order valence-electron chi connectivity index (χ2n) is 5.77. The Hall–Kier alpha value is -2.32. The van der Waals surface area contributed by atoms with Gasteiger partial charge in [0.2, 0.25) is 0 Å². The van der Waals surface area contributed by atoms with E-state index in [1.165, 1.54) is 11.2 Å². The molecule has 2 aromatic heterocycles. The van der Waals surface area contributed by atoms with Crippen molar-refractivity contribution in [1.29, 1.82) is 0 Å². The summed E-state index contributed by atoms with van der Waals surface area (Å²) in [6, 6.07) is 0. The van der Waals surface area contributed by atoms with Crippen LogP contribution in [0.1, 0.15) is 25.7 Å². The maximum absolute atomic E-state index is 8.27. The highest BCUT2D eigenvalue weighted by atomic mass is 32.2. The Kier molecular flexibility index (Phi) is 7.09. The van der Waals surface area contributed by atoms with Gasteiger partial charge in [-0.3, -0.25) is 0 Å². The highest BCUT2D eigenvalue weighted by molar-refractivity contribution is 8.03. The fraction of sp³-hybridized carbons (Fsp3) is 0.389. The minimum Gasteiger partial charge on any atom is -0.516 e. The van der Waals surface area contributed by atoms with Gasteiger partial charge in [0.25, 0.3) is 0 Å². The van der Waals surface area contributed by atoms with Crippen molar-refractivity contribution in [1.82, 2.24) is 19.9 Å². The molecule has 2 aromatic rings. The quantitative estimate of drug-likeness (QED) is 0.540. The lowest BCUT2D eigenvalue weighted by Gasteiger charge is -2.08. The number of rotatable bonds is 5. The Bertz CT molecular complexity index is 781. The largest absolute Gasteiger partial charge is 0.516 e. The SMILES string of the molecule is C1=CC(SCNc2ncnc3nc[nH]c23)=CCC1.OC=CC1CCCO1. The van der Waals surface area contributed by atoms with E-state index in [2.05, 4.69) is 43.5 Å². The summed E-state index contributed by atoms with van der Waals surface area (Å²) in [5, 5.41) is 11.6. The number of nitrogens with one attached hydrogen (secondary N) is 2. The average Bonchev–Trinajstić information content (AvgIpc) is 3.35. The van der Waals surface area contributed by atoms with Crippen LogP contribution in [0.25, 0.3) is 11.2 Å².